The van der Waals surface area contributed by atoms with Crippen molar-refractivity contribution < 1.29 is 29.5 Å². The van der Waals surface area contributed by atoms with Crippen molar-refractivity contribution in [1.29, 1.82) is 0 Å². The van der Waals surface area contributed by atoms with Gasteiger partial charge < -0.3 is 29.5 Å². The molecule has 1 aliphatic rings. The molecule has 0 spiro atoms. The number of hydrogen-bond acceptors (Lipinski definition) is 6. The summed E-state index contributed by atoms with van der Waals surface area (Å²) in [6.07, 6.45) is -5.33. The van der Waals surface area contributed by atoms with Crippen LogP contribution in [0.3, 0.4) is 0 Å². The molecule has 0 aliphatic carbocycles. The van der Waals surface area contributed by atoms with Crippen molar-refractivity contribution in [2.24, 2.45) is 0 Å². The van der Waals surface area contributed by atoms with E-state index in [4.69, 9.17) is 14.2 Å². The maximum Gasteiger partial charge on any atom is 0.186 e. The zero-order valence-corrected chi connectivity index (χ0v) is 8.16. The maximum absolute atomic E-state index is 9.48. The second-order valence-corrected chi connectivity index (χ2v) is 3.21. The van der Waals surface area contributed by atoms with E-state index >= 15 is 0 Å². The summed E-state index contributed by atoms with van der Waals surface area (Å²) >= 11 is 0. The molecule has 0 aromatic rings. The summed E-state index contributed by atoms with van der Waals surface area (Å²) in [7, 11) is 2.80. The summed E-state index contributed by atoms with van der Waals surface area (Å²) in [6, 6.07) is 0. The molecular formula is C8H16O6. The van der Waals surface area contributed by atoms with Crippen molar-refractivity contribution in [1.82, 2.24) is 0 Å². The largest absolute Gasteiger partial charge is 0.387 e. The minimum atomic E-state index is -1.28. The molecule has 6 heteroatoms. The molecule has 0 aromatic heterocycles. The molecule has 84 valence electrons. The van der Waals surface area contributed by atoms with E-state index in [1.165, 1.54) is 14.2 Å². The number of aliphatic hydroxyl groups excluding tert-OH is 3. The molecule has 1 rings (SSSR count). The fraction of sp³-hybridized carbons (Fsp3) is 1.00. The second-order valence-electron chi connectivity index (χ2n) is 3.21. The van der Waals surface area contributed by atoms with Gasteiger partial charge in [-0.1, -0.05) is 0 Å². The molecule has 14 heavy (non-hydrogen) atoms. The van der Waals surface area contributed by atoms with Crippen molar-refractivity contribution in [3.8, 4) is 0 Å². The zero-order chi connectivity index (χ0) is 10.7. The van der Waals surface area contributed by atoms with Crippen molar-refractivity contribution in [2.45, 2.75) is 30.7 Å². The van der Waals surface area contributed by atoms with Gasteiger partial charge in [-0.3, -0.25) is 0 Å². The molecular weight excluding hydrogens is 192 g/mol. The molecule has 2 unspecified atom stereocenters. The molecule has 1 saturated heterocycles. The zero-order valence-electron chi connectivity index (χ0n) is 8.16. The van der Waals surface area contributed by atoms with E-state index < -0.39 is 30.7 Å². The lowest BCUT2D eigenvalue weighted by Crippen LogP contribution is -2.59. The van der Waals surface area contributed by atoms with Crippen LogP contribution in [0.5, 0.6) is 0 Å². The normalized spacial score (nSPS) is 43.9. The maximum atomic E-state index is 9.48. The first-order valence-corrected chi connectivity index (χ1v) is 4.33. The Morgan fingerprint density at radius 2 is 1.71 bits per heavy atom. The highest BCUT2D eigenvalue weighted by atomic mass is 16.7. The van der Waals surface area contributed by atoms with Gasteiger partial charge in [-0.05, 0) is 0 Å². The van der Waals surface area contributed by atoms with Gasteiger partial charge in [-0.2, -0.15) is 0 Å². The summed E-state index contributed by atoms with van der Waals surface area (Å²) in [4.78, 5) is 0. The molecule has 1 heterocycles. The third-order valence-electron chi connectivity index (χ3n) is 2.23. The molecule has 0 bridgehead atoms. The van der Waals surface area contributed by atoms with Gasteiger partial charge in [0.15, 0.2) is 6.29 Å². The first-order valence-electron chi connectivity index (χ1n) is 4.33. The average Bonchev–Trinajstić information content (AvgIpc) is 2.19. The Kier molecular flexibility index (Phi) is 4.24. The molecule has 0 amide bonds. The van der Waals surface area contributed by atoms with E-state index in [1.54, 1.807) is 0 Å². The Labute approximate surface area is 82.0 Å². The predicted molar refractivity (Wildman–Crippen MR) is 45.6 cm³/mol. The van der Waals surface area contributed by atoms with Crippen LogP contribution < -0.4 is 0 Å². The van der Waals surface area contributed by atoms with Crippen LogP contribution in [0.25, 0.3) is 0 Å². The Bertz CT molecular complexity index is 171. The number of ether oxygens (including phenoxy) is 3. The molecule has 5 atom stereocenters. The molecule has 0 radical (unpaired) electrons. The third-order valence-corrected chi connectivity index (χ3v) is 2.23. The molecule has 1 fully saturated rings. The second kappa shape index (κ2) is 5.01. The highest BCUT2D eigenvalue weighted by Gasteiger charge is 2.43. The fourth-order valence-electron chi connectivity index (χ4n) is 1.41. The summed E-state index contributed by atoms with van der Waals surface area (Å²) in [5, 5.41) is 28.3. The lowest BCUT2D eigenvalue weighted by molar-refractivity contribution is -0.295. The molecule has 0 aromatic carbocycles. The smallest absolute Gasteiger partial charge is 0.186 e. The molecule has 6 nitrogen and oxygen atoms in total. The van der Waals surface area contributed by atoms with Crippen LogP contribution in [-0.2, 0) is 14.2 Å². The average molecular weight is 208 g/mol. The van der Waals surface area contributed by atoms with Gasteiger partial charge in [0.2, 0.25) is 0 Å². The van der Waals surface area contributed by atoms with Gasteiger partial charge in [0.1, 0.15) is 24.4 Å². The minimum Gasteiger partial charge on any atom is -0.387 e. The minimum absolute atomic E-state index is 0.130. The standard InChI is InChI=1S/C8H16O6/c1-12-3-4-5(9)6(10)7(11)8(13-2)14-4/h4-11H,3H2,1-2H3/t4?,5-,6+,7?,8+/m1/s1. The van der Waals surface area contributed by atoms with E-state index in [0.29, 0.717) is 0 Å². The van der Waals surface area contributed by atoms with Crippen LogP contribution in [0.4, 0.5) is 0 Å². The van der Waals surface area contributed by atoms with Crippen molar-refractivity contribution >= 4 is 0 Å². The van der Waals surface area contributed by atoms with Crippen molar-refractivity contribution in [3.63, 3.8) is 0 Å². The summed E-state index contributed by atoms with van der Waals surface area (Å²) < 4.78 is 14.8. The third kappa shape index (κ3) is 2.22. The van der Waals surface area contributed by atoms with E-state index in [2.05, 4.69) is 0 Å². The highest BCUT2D eigenvalue weighted by Crippen LogP contribution is 2.21. The molecule has 0 saturated carbocycles. The van der Waals surface area contributed by atoms with E-state index in [9.17, 15) is 15.3 Å². The van der Waals surface area contributed by atoms with Crippen molar-refractivity contribution in [3.05, 3.63) is 0 Å². The Morgan fingerprint density at radius 1 is 1.07 bits per heavy atom. The van der Waals surface area contributed by atoms with Crippen LogP contribution in [0.2, 0.25) is 0 Å². The Hall–Kier alpha value is -0.240. The van der Waals surface area contributed by atoms with E-state index in [-0.39, 0.29) is 6.61 Å². The van der Waals surface area contributed by atoms with Crippen LogP contribution in [0.1, 0.15) is 0 Å². The SMILES string of the molecule is COCC1O[C@H](OC)C(O)[C@@H](O)[C@@H]1O. The quantitative estimate of drug-likeness (QED) is 0.501. The van der Waals surface area contributed by atoms with Crippen molar-refractivity contribution in [2.75, 3.05) is 20.8 Å². The van der Waals surface area contributed by atoms with Crippen LogP contribution in [0.15, 0.2) is 0 Å². The number of methoxy groups -OCH3 is 2. The van der Waals surface area contributed by atoms with E-state index in [1.807, 2.05) is 0 Å². The summed E-state index contributed by atoms with van der Waals surface area (Å²) in [5.41, 5.74) is 0. The monoisotopic (exact) mass is 208 g/mol. The van der Waals surface area contributed by atoms with Gasteiger partial charge in [-0.25, -0.2) is 0 Å². The van der Waals surface area contributed by atoms with Gasteiger partial charge in [0.25, 0.3) is 0 Å². The number of aliphatic hydroxyl groups is 3. The summed E-state index contributed by atoms with van der Waals surface area (Å²) in [5.74, 6) is 0. The molecule has 1 aliphatic heterocycles. The van der Waals surface area contributed by atoms with Gasteiger partial charge in [0, 0.05) is 14.2 Å². The van der Waals surface area contributed by atoms with Gasteiger partial charge >= 0.3 is 0 Å². The number of rotatable bonds is 3. The summed E-state index contributed by atoms with van der Waals surface area (Å²) in [6.45, 7) is 0.130. The van der Waals surface area contributed by atoms with Gasteiger partial charge in [0.05, 0.1) is 6.61 Å². The van der Waals surface area contributed by atoms with E-state index in [0.717, 1.165) is 0 Å². The van der Waals surface area contributed by atoms with Gasteiger partial charge in [-0.15, -0.1) is 0 Å². The molecule has 3 N–H and O–H groups in total. The lowest BCUT2D eigenvalue weighted by atomic mass is 9.99. The first-order chi connectivity index (χ1) is 6.61. The topological polar surface area (TPSA) is 88.4 Å². The lowest BCUT2D eigenvalue weighted by Gasteiger charge is -2.39. The number of hydrogen-bond donors (Lipinski definition) is 3. The predicted octanol–water partition coefficient (Wildman–Crippen LogP) is -1.91. The Balaban J connectivity index is 2.63. The van der Waals surface area contributed by atoms with Crippen LogP contribution in [0, 0.1) is 0 Å². The fourth-order valence-corrected chi connectivity index (χ4v) is 1.41. The highest BCUT2D eigenvalue weighted by molar-refractivity contribution is 4.88. The Morgan fingerprint density at radius 3 is 2.21 bits per heavy atom. The first kappa shape index (κ1) is 11.8. The van der Waals surface area contributed by atoms with Crippen LogP contribution >= 0.6 is 0 Å². The van der Waals surface area contributed by atoms with Crippen LogP contribution in [-0.4, -0.2) is 66.9 Å².